The third-order valence-corrected chi connectivity index (χ3v) is 3.97. The third-order valence-electron chi connectivity index (χ3n) is 3.97. The summed E-state index contributed by atoms with van der Waals surface area (Å²) in [6.45, 7) is 2.01. The molecule has 128 valence electrons. The first kappa shape index (κ1) is 16.8. The van der Waals surface area contributed by atoms with E-state index >= 15 is 0 Å². The number of hydrogen-bond donors (Lipinski definition) is 0. The lowest BCUT2D eigenvalue weighted by Gasteiger charge is -2.14. The van der Waals surface area contributed by atoms with Crippen LogP contribution in [0.25, 0.3) is 11.0 Å². The fourth-order valence-corrected chi connectivity index (χ4v) is 2.60. The summed E-state index contributed by atoms with van der Waals surface area (Å²) in [6, 6.07) is 14.9. The number of hydrogen-bond acceptors (Lipinski definition) is 4. The summed E-state index contributed by atoms with van der Waals surface area (Å²) in [4.78, 5) is 26.0. The van der Waals surface area contributed by atoms with Gasteiger partial charge in [0.25, 0.3) is 5.91 Å². The van der Waals surface area contributed by atoms with E-state index in [0.29, 0.717) is 34.5 Å². The SMILES string of the molecule is Cc1c(C(=O)N(C)C)c2ccc(OCc3ccccc3)cc2oc1=O. The Balaban J connectivity index is 1.99. The van der Waals surface area contributed by atoms with Crippen molar-refractivity contribution in [1.82, 2.24) is 4.90 Å². The number of rotatable bonds is 4. The molecule has 0 N–H and O–H groups in total. The van der Waals surface area contributed by atoms with Crippen molar-refractivity contribution in [3.8, 4) is 5.75 Å². The number of carbonyl (C=O) groups excluding carboxylic acids is 1. The van der Waals surface area contributed by atoms with Crippen LogP contribution in [-0.4, -0.2) is 24.9 Å². The van der Waals surface area contributed by atoms with E-state index in [1.165, 1.54) is 4.90 Å². The predicted molar refractivity (Wildman–Crippen MR) is 96.0 cm³/mol. The normalized spacial score (nSPS) is 10.7. The van der Waals surface area contributed by atoms with E-state index in [1.54, 1.807) is 39.2 Å². The zero-order chi connectivity index (χ0) is 18.0. The highest BCUT2D eigenvalue weighted by atomic mass is 16.5. The monoisotopic (exact) mass is 337 g/mol. The number of fused-ring (bicyclic) bond motifs is 1. The van der Waals surface area contributed by atoms with Gasteiger partial charge in [-0.15, -0.1) is 0 Å². The van der Waals surface area contributed by atoms with Crippen LogP contribution in [0, 0.1) is 6.92 Å². The molecule has 0 atom stereocenters. The lowest BCUT2D eigenvalue weighted by molar-refractivity contribution is 0.0828. The van der Waals surface area contributed by atoms with Crippen LogP contribution in [0.15, 0.2) is 57.7 Å². The van der Waals surface area contributed by atoms with Gasteiger partial charge in [0, 0.05) is 31.1 Å². The molecule has 0 spiro atoms. The largest absolute Gasteiger partial charge is 0.489 e. The molecule has 25 heavy (non-hydrogen) atoms. The molecule has 0 radical (unpaired) electrons. The first-order valence-corrected chi connectivity index (χ1v) is 7.93. The fraction of sp³-hybridized carbons (Fsp3) is 0.200. The molecular weight excluding hydrogens is 318 g/mol. The lowest BCUT2D eigenvalue weighted by atomic mass is 10.0. The van der Waals surface area contributed by atoms with E-state index in [1.807, 2.05) is 30.3 Å². The minimum absolute atomic E-state index is 0.228. The molecule has 5 heteroatoms. The number of carbonyl (C=O) groups is 1. The smallest absolute Gasteiger partial charge is 0.339 e. The van der Waals surface area contributed by atoms with Crippen LogP contribution in [0.3, 0.4) is 0 Å². The van der Waals surface area contributed by atoms with Crippen LogP contribution in [0.2, 0.25) is 0 Å². The molecule has 0 fully saturated rings. The fourth-order valence-electron chi connectivity index (χ4n) is 2.60. The standard InChI is InChI=1S/C20H19NO4/c1-13-18(19(22)21(2)3)16-10-9-15(11-17(16)25-20(13)23)24-12-14-7-5-4-6-8-14/h4-11H,12H2,1-3H3. The van der Waals surface area contributed by atoms with E-state index in [0.717, 1.165) is 5.56 Å². The third kappa shape index (κ3) is 3.40. The number of ether oxygens (including phenoxy) is 1. The van der Waals surface area contributed by atoms with E-state index in [9.17, 15) is 9.59 Å². The summed E-state index contributed by atoms with van der Waals surface area (Å²) in [6.07, 6.45) is 0. The lowest BCUT2D eigenvalue weighted by Crippen LogP contribution is -2.25. The van der Waals surface area contributed by atoms with Crippen molar-refractivity contribution in [3.63, 3.8) is 0 Å². The van der Waals surface area contributed by atoms with Gasteiger partial charge in [0.1, 0.15) is 17.9 Å². The molecule has 3 aromatic rings. The molecule has 0 aliphatic heterocycles. The maximum Gasteiger partial charge on any atom is 0.339 e. The second-order valence-corrected chi connectivity index (χ2v) is 6.02. The van der Waals surface area contributed by atoms with Gasteiger partial charge >= 0.3 is 5.63 Å². The average molecular weight is 337 g/mol. The van der Waals surface area contributed by atoms with Gasteiger partial charge in [0.2, 0.25) is 0 Å². The van der Waals surface area contributed by atoms with Crippen LogP contribution >= 0.6 is 0 Å². The van der Waals surface area contributed by atoms with Gasteiger partial charge in [-0.2, -0.15) is 0 Å². The average Bonchev–Trinajstić information content (AvgIpc) is 2.61. The molecule has 0 saturated carbocycles. The molecule has 0 aliphatic carbocycles. The molecule has 0 saturated heterocycles. The van der Waals surface area contributed by atoms with Gasteiger partial charge in [-0.05, 0) is 24.6 Å². The van der Waals surface area contributed by atoms with Crippen LogP contribution in [0.4, 0.5) is 0 Å². The van der Waals surface area contributed by atoms with Crippen molar-refractivity contribution in [3.05, 3.63) is 75.6 Å². The second kappa shape index (κ2) is 6.81. The van der Waals surface area contributed by atoms with Crippen molar-refractivity contribution in [2.75, 3.05) is 14.1 Å². The van der Waals surface area contributed by atoms with Crippen molar-refractivity contribution in [2.45, 2.75) is 13.5 Å². The van der Waals surface area contributed by atoms with Gasteiger partial charge in [-0.1, -0.05) is 30.3 Å². The van der Waals surface area contributed by atoms with Crippen molar-refractivity contribution in [1.29, 1.82) is 0 Å². The summed E-state index contributed by atoms with van der Waals surface area (Å²) in [5, 5.41) is 0.600. The summed E-state index contributed by atoms with van der Waals surface area (Å²) >= 11 is 0. The topological polar surface area (TPSA) is 59.8 Å². The number of amides is 1. The van der Waals surface area contributed by atoms with E-state index in [2.05, 4.69) is 0 Å². The van der Waals surface area contributed by atoms with Crippen LogP contribution < -0.4 is 10.4 Å². The molecule has 2 aromatic carbocycles. The summed E-state index contributed by atoms with van der Waals surface area (Å²) < 4.78 is 11.1. The van der Waals surface area contributed by atoms with E-state index < -0.39 is 5.63 Å². The van der Waals surface area contributed by atoms with Crippen molar-refractivity contribution < 1.29 is 13.9 Å². The molecule has 5 nitrogen and oxygen atoms in total. The van der Waals surface area contributed by atoms with E-state index in [-0.39, 0.29) is 5.91 Å². The summed E-state index contributed by atoms with van der Waals surface area (Å²) in [7, 11) is 3.30. The molecule has 1 amide bonds. The van der Waals surface area contributed by atoms with Gasteiger partial charge in [-0.25, -0.2) is 4.79 Å². The Morgan fingerprint density at radius 1 is 1.12 bits per heavy atom. The van der Waals surface area contributed by atoms with Crippen LogP contribution in [-0.2, 0) is 6.61 Å². The van der Waals surface area contributed by atoms with Gasteiger partial charge < -0.3 is 14.1 Å². The highest BCUT2D eigenvalue weighted by molar-refractivity contribution is 6.06. The number of benzene rings is 2. The first-order valence-electron chi connectivity index (χ1n) is 7.93. The highest BCUT2D eigenvalue weighted by Crippen LogP contribution is 2.25. The molecule has 0 unspecified atom stereocenters. The van der Waals surface area contributed by atoms with Crippen molar-refractivity contribution in [2.24, 2.45) is 0 Å². The molecule has 0 bridgehead atoms. The molecule has 0 aliphatic rings. The predicted octanol–water partition coefficient (Wildman–Crippen LogP) is 3.38. The summed E-state index contributed by atoms with van der Waals surface area (Å²) in [5.74, 6) is 0.347. The summed E-state index contributed by atoms with van der Waals surface area (Å²) in [5.41, 5.74) is 1.54. The Hall–Kier alpha value is -3.08. The zero-order valence-electron chi connectivity index (χ0n) is 14.4. The Kier molecular flexibility index (Phi) is 4.57. The minimum Gasteiger partial charge on any atom is -0.489 e. The molecule has 3 rings (SSSR count). The zero-order valence-corrected chi connectivity index (χ0v) is 14.4. The first-order chi connectivity index (χ1) is 12.0. The number of nitrogens with zero attached hydrogens (tertiary/aromatic N) is 1. The van der Waals surface area contributed by atoms with Gasteiger partial charge in [-0.3, -0.25) is 4.79 Å². The van der Waals surface area contributed by atoms with Crippen molar-refractivity contribution >= 4 is 16.9 Å². The van der Waals surface area contributed by atoms with Crippen LogP contribution in [0.5, 0.6) is 5.75 Å². The van der Waals surface area contributed by atoms with Crippen LogP contribution in [0.1, 0.15) is 21.5 Å². The van der Waals surface area contributed by atoms with E-state index in [4.69, 9.17) is 9.15 Å². The Labute approximate surface area is 145 Å². The molecular formula is C20H19NO4. The Morgan fingerprint density at radius 3 is 2.52 bits per heavy atom. The highest BCUT2D eigenvalue weighted by Gasteiger charge is 2.19. The maximum absolute atomic E-state index is 12.4. The van der Waals surface area contributed by atoms with Gasteiger partial charge in [0.05, 0.1) is 5.56 Å². The molecule has 1 aromatic heterocycles. The Morgan fingerprint density at radius 2 is 1.84 bits per heavy atom. The maximum atomic E-state index is 12.4. The quantitative estimate of drug-likeness (QED) is 0.685. The second-order valence-electron chi connectivity index (χ2n) is 6.02. The minimum atomic E-state index is -0.516. The molecule has 1 heterocycles. The van der Waals surface area contributed by atoms with Gasteiger partial charge in [0.15, 0.2) is 0 Å². The Bertz CT molecular complexity index is 974.